The summed E-state index contributed by atoms with van der Waals surface area (Å²) in [6.07, 6.45) is 89.0. The summed E-state index contributed by atoms with van der Waals surface area (Å²) in [6, 6.07) is 0. The van der Waals surface area contributed by atoms with Crippen molar-refractivity contribution < 1.29 is 37.6 Å². The van der Waals surface area contributed by atoms with Crippen LogP contribution in [0.3, 0.4) is 0 Å². The van der Waals surface area contributed by atoms with Crippen molar-refractivity contribution >= 4 is 19.8 Å². The van der Waals surface area contributed by atoms with E-state index < -0.39 is 26.5 Å². The van der Waals surface area contributed by atoms with Crippen LogP contribution in [-0.4, -0.2) is 49.3 Å². The first-order chi connectivity index (χ1) is 40.8. The number of unbranched alkanes of at least 4 members (excludes halogenated alkanes) is 45. The van der Waals surface area contributed by atoms with E-state index in [2.05, 4.69) is 74.6 Å². The van der Waals surface area contributed by atoms with Crippen LogP contribution in [0.1, 0.15) is 361 Å². The van der Waals surface area contributed by atoms with Crippen LogP contribution in [0.25, 0.3) is 0 Å². The molecule has 0 amide bonds. The van der Waals surface area contributed by atoms with Crippen LogP contribution >= 0.6 is 7.82 Å². The number of ether oxygens (including phenoxy) is 2. The van der Waals surface area contributed by atoms with E-state index in [1.165, 1.54) is 263 Å². The van der Waals surface area contributed by atoms with Gasteiger partial charge in [-0.05, 0) is 57.8 Å². The number of nitrogens with two attached hydrogens (primary N) is 1. The van der Waals surface area contributed by atoms with Crippen molar-refractivity contribution in [2.24, 2.45) is 5.73 Å². The van der Waals surface area contributed by atoms with Crippen LogP contribution in [0.5, 0.6) is 0 Å². The molecule has 83 heavy (non-hydrogen) atoms. The molecule has 0 aliphatic heterocycles. The van der Waals surface area contributed by atoms with E-state index in [-0.39, 0.29) is 38.6 Å². The summed E-state index contributed by atoms with van der Waals surface area (Å²) in [5.74, 6) is -0.805. The van der Waals surface area contributed by atoms with Crippen molar-refractivity contribution in [1.82, 2.24) is 0 Å². The van der Waals surface area contributed by atoms with Crippen molar-refractivity contribution in [3.05, 3.63) is 60.8 Å². The number of phosphoric ester groups is 1. The number of esters is 2. The zero-order valence-electron chi connectivity index (χ0n) is 54.7. The quantitative estimate of drug-likeness (QED) is 0.0264. The minimum atomic E-state index is -4.39. The lowest BCUT2D eigenvalue weighted by molar-refractivity contribution is -0.161. The van der Waals surface area contributed by atoms with Gasteiger partial charge < -0.3 is 20.1 Å². The molecule has 0 aromatic rings. The number of hydrogen-bond donors (Lipinski definition) is 2. The van der Waals surface area contributed by atoms with Crippen molar-refractivity contribution in [1.29, 1.82) is 0 Å². The predicted octanol–water partition coefficient (Wildman–Crippen LogP) is 23.4. The molecule has 0 saturated carbocycles. The Kier molecular flexibility index (Phi) is 66.9. The van der Waals surface area contributed by atoms with E-state index in [1.807, 2.05) is 0 Å². The second-order valence-electron chi connectivity index (χ2n) is 24.1. The number of carbonyl (C=O) groups is 2. The van der Waals surface area contributed by atoms with Gasteiger partial charge in [-0.15, -0.1) is 0 Å². The third-order valence-corrected chi connectivity index (χ3v) is 16.9. The molecule has 10 heteroatoms. The van der Waals surface area contributed by atoms with E-state index in [4.69, 9.17) is 24.3 Å². The molecular formula is C73H136NO8P. The van der Waals surface area contributed by atoms with Crippen LogP contribution in [0, 0.1) is 0 Å². The lowest BCUT2D eigenvalue weighted by Crippen LogP contribution is -2.29. The highest BCUT2D eigenvalue weighted by atomic mass is 31.2. The molecule has 0 spiro atoms. The van der Waals surface area contributed by atoms with E-state index in [0.29, 0.717) is 6.42 Å². The third-order valence-electron chi connectivity index (χ3n) is 15.9. The molecule has 2 unspecified atom stereocenters. The molecule has 0 radical (unpaired) electrons. The van der Waals surface area contributed by atoms with Crippen molar-refractivity contribution in [3.63, 3.8) is 0 Å². The van der Waals surface area contributed by atoms with Crippen LogP contribution < -0.4 is 5.73 Å². The molecule has 9 nitrogen and oxygen atoms in total. The Balaban J connectivity index is 3.78. The van der Waals surface area contributed by atoms with Gasteiger partial charge in [0.15, 0.2) is 6.10 Å². The van der Waals surface area contributed by atoms with Gasteiger partial charge in [0, 0.05) is 19.4 Å². The van der Waals surface area contributed by atoms with E-state index >= 15 is 0 Å². The average molecular weight is 1190 g/mol. The number of hydrogen-bond acceptors (Lipinski definition) is 8. The summed E-state index contributed by atoms with van der Waals surface area (Å²) in [5.41, 5.74) is 5.40. The Morgan fingerprint density at radius 2 is 0.663 bits per heavy atom. The molecule has 0 saturated heterocycles. The molecule has 2 atom stereocenters. The van der Waals surface area contributed by atoms with E-state index in [9.17, 15) is 19.0 Å². The fraction of sp³-hybridized carbons (Fsp3) is 0.836. The van der Waals surface area contributed by atoms with Crippen molar-refractivity contribution in [3.8, 4) is 0 Å². The van der Waals surface area contributed by atoms with Gasteiger partial charge in [0.2, 0.25) is 0 Å². The first-order valence-electron chi connectivity index (χ1n) is 35.8. The summed E-state index contributed by atoms with van der Waals surface area (Å²) in [4.78, 5) is 35.3. The van der Waals surface area contributed by atoms with Gasteiger partial charge in [0.05, 0.1) is 13.2 Å². The van der Waals surface area contributed by atoms with Crippen LogP contribution in [0.15, 0.2) is 60.8 Å². The molecule has 0 aromatic carbocycles. The zero-order chi connectivity index (χ0) is 60.1. The summed E-state index contributed by atoms with van der Waals surface area (Å²) < 4.78 is 33.2. The maximum Gasteiger partial charge on any atom is 0.472 e. The van der Waals surface area contributed by atoms with Gasteiger partial charge in [0.1, 0.15) is 6.61 Å². The van der Waals surface area contributed by atoms with Gasteiger partial charge in [-0.1, -0.05) is 351 Å². The maximum atomic E-state index is 12.8. The maximum absolute atomic E-state index is 12.8. The topological polar surface area (TPSA) is 134 Å². The van der Waals surface area contributed by atoms with Crippen LogP contribution in [0.2, 0.25) is 0 Å². The smallest absolute Gasteiger partial charge is 0.462 e. The normalized spacial score (nSPS) is 13.3. The highest BCUT2D eigenvalue weighted by molar-refractivity contribution is 7.47. The molecule has 0 fully saturated rings. The zero-order valence-corrected chi connectivity index (χ0v) is 55.6. The molecular weight excluding hydrogens is 1050 g/mol. The van der Waals surface area contributed by atoms with E-state index in [1.54, 1.807) is 0 Å². The molecule has 0 aromatic heterocycles. The second kappa shape index (κ2) is 68.8. The van der Waals surface area contributed by atoms with Gasteiger partial charge in [-0.2, -0.15) is 0 Å². The lowest BCUT2D eigenvalue weighted by atomic mass is 10.0. The van der Waals surface area contributed by atoms with Gasteiger partial charge in [-0.3, -0.25) is 18.6 Å². The standard InChI is InChI=1S/C73H136NO8P/c1-3-5-7-9-11-13-15-17-19-21-23-25-27-28-29-30-31-32-33-34-35-36-37-38-39-40-41-42-44-46-48-50-52-54-56-58-60-62-64-66-73(76)82-71(70-81-83(77,78)80-68-67-74)69-79-72(75)65-63-61-59-57-55-53-51-49-47-45-43-26-24-22-20-18-16-14-12-10-8-6-4-2/h5,7,11,13,17,19,23,25,28-29,71H,3-4,6,8-10,12,14-16,18,20-22,24,26-27,30-70,74H2,1-2H3,(H,77,78)/b7-5-,13-11-,19-17-,25-23-,29-28-. The molecule has 0 heterocycles. The average Bonchev–Trinajstić information content (AvgIpc) is 3.48. The number of allylic oxidation sites excluding steroid dienone is 10. The molecule has 0 rings (SSSR count). The monoisotopic (exact) mass is 1190 g/mol. The first-order valence-corrected chi connectivity index (χ1v) is 37.3. The van der Waals surface area contributed by atoms with Gasteiger partial charge >= 0.3 is 19.8 Å². The molecule has 3 N–H and O–H groups in total. The SMILES string of the molecule is CC/C=C\C/C=C\C/C=C\C/C=C\C/C=C\CCCCCCCCCCCCCCCCCCCCCCCCCC(=O)OC(COC(=O)CCCCCCCCCCCCCCCCCCCCCCCCC)COP(=O)(O)OCCN. The molecule has 0 aliphatic rings. The summed E-state index contributed by atoms with van der Waals surface area (Å²) in [7, 11) is -4.39. The largest absolute Gasteiger partial charge is 0.472 e. The number of carbonyl (C=O) groups excluding carboxylic acids is 2. The Hall–Kier alpha value is -2.29. The van der Waals surface area contributed by atoms with Crippen LogP contribution in [-0.2, 0) is 32.7 Å². The van der Waals surface area contributed by atoms with Crippen LogP contribution in [0.4, 0.5) is 0 Å². The second-order valence-corrected chi connectivity index (χ2v) is 25.5. The summed E-state index contributed by atoms with van der Waals surface area (Å²) in [5, 5.41) is 0. The minimum Gasteiger partial charge on any atom is -0.462 e. The molecule has 0 aliphatic carbocycles. The highest BCUT2D eigenvalue weighted by Gasteiger charge is 2.26. The first kappa shape index (κ1) is 80.7. The summed E-state index contributed by atoms with van der Waals surface area (Å²) >= 11 is 0. The van der Waals surface area contributed by atoms with Crippen molar-refractivity contribution in [2.75, 3.05) is 26.4 Å². The van der Waals surface area contributed by atoms with Crippen molar-refractivity contribution in [2.45, 2.75) is 367 Å². The Morgan fingerprint density at radius 3 is 0.988 bits per heavy atom. The lowest BCUT2D eigenvalue weighted by Gasteiger charge is -2.19. The van der Waals surface area contributed by atoms with Gasteiger partial charge in [-0.25, -0.2) is 4.57 Å². The molecule has 486 valence electrons. The fourth-order valence-electron chi connectivity index (χ4n) is 10.7. The van der Waals surface area contributed by atoms with E-state index in [0.717, 1.165) is 64.2 Å². The Bertz CT molecular complexity index is 1540. The number of rotatable bonds is 68. The third kappa shape index (κ3) is 68.7. The Morgan fingerprint density at radius 1 is 0.373 bits per heavy atom. The summed E-state index contributed by atoms with van der Waals surface area (Å²) in [6.45, 7) is 3.70. The minimum absolute atomic E-state index is 0.0559. The molecule has 0 bridgehead atoms. The fourth-order valence-corrected chi connectivity index (χ4v) is 11.4. The predicted molar refractivity (Wildman–Crippen MR) is 358 cm³/mol. The van der Waals surface area contributed by atoms with Gasteiger partial charge in [0.25, 0.3) is 0 Å². The number of phosphoric acid groups is 1. The highest BCUT2D eigenvalue weighted by Crippen LogP contribution is 2.43. The Labute approximate surface area is 514 Å².